The summed E-state index contributed by atoms with van der Waals surface area (Å²) in [6.07, 6.45) is 10.4. The number of allylic oxidation sites excluding steroid dienone is 2. The van der Waals surface area contributed by atoms with E-state index in [4.69, 9.17) is 18.9 Å². The molecule has 0 saturated carbocycles. The highest BCUT2D eigenvalue weighted by Gasteiger charge is 2.36. The summed E-state index contributed by atoms with van der Waals surface area (Å²) in [5, 5.41) is 9.26. The molecule has 7 rings (SSSR count). The van der Waals surface area contributed by atoms with Crippen LogP contribution in [0.15, 0.2) is 75.7 Å². The summed E-state index contributed by atoms with van der Waals surface area (Å²) in [4.78, 5) is 51.4. The van der Waals surface area contributed by atoms with E-state index >= 15 is 0 Å². The lowest BCUT2D eigenvalue weighted by Gasteiger charge is -2.20. The smallest absolute Gasteiger partial charge is 0.303 e. The van der Waals surface area contributed by atoms with Gasteiger partial charge in [-0.3, -0.25) is 24.4 Å². The van der Waals surface area contributed by atoms with Gasteiger partial charge in [0, 0.05) is 44.1 Å². The molecule has 2 atom stereocenters. The molecule has 0 unspecified atom stereocenters. The van der Waals surface area contributed by atoms with Crippen molar-refractivity contribution < 1.29 is 38.4 Å². The number of nitrogens with zero attached hydrogens (tertiary/aromatic N) is 4. The van der Waals surface area contributed by atoms with E-state index in [1.54, 1.807) is 24.3 Å². The molecule has 12 heteroatoms. The second kappa shape index (κ2) is 15.6. The molecular weight excluding hydrogens is 688 g/mol. The molecule has 4 aliphatic rings. The predicted molar refractivity (Wildman–Crippen MR) is 204 cm³/mol. The summed E-state index contributed by atoms with van der Waals surface area (Å²) >= 11 is 0. The van der Waals surface area contributed by atoms with E-state index in [0.717, 1.165) is 29.5 Å². The van der Waals surface area contributed by atoms with Crippen LogP contribution >= 0.6 is 0 Å². The summed E-state index contributed by atoms with van der Waals surface area (Å²) in [5.74, 6) is 0.679. The van der Waals surface area contributed by atoms with Gasteiger partial charge in [-0.25, -0.2) is 0 Å². The van der Waals surface area contributed by atoms with Crippen LogP contribution in [0.5, 0.6) is 23.0 Å². The summed E-state index contributed by atoms with van der Waals surface area (Å²) in [6, 6.07) is 12.6. The third-order valence-corrected chi connectivity index (χ3v) is 10.4. The molecule has 0 spiro atoms. The molecule has 280 valence electrons. The molecule has 1 N–H and O–H groups in total. The van der Waals surface area contributed by atoms with E-state index in [1.165, 1.54) is 25.4 Å². The molecule has 54 heavy (non-hydrogen) atoms. The Morgan fingerprint density at radius 3 is 1.61 bits per heavy atom. The Balaban J connectivity index is 1.12. The van der Waals surface area contributed by atoms with Crippen LogP contribution < -0.4 is 18.9 Å². The number of carboxylic acid groups (broad SMARTS) is 1. The Kier molecular flexibility index (Phi) is 10.5. The van der Waals surface area contributed by atoms with Crippen molar-refractivity contribution >= 4 is 41.6 Å². The van der Waals surface area contributed by atoms with Crippen molar-refractivity contribution in [2.24, 2.45) is 9.98 Å². The molecule has 4 heterocycles. The molecule has 0 aliphatic carbocycles. The zero-order valence-corrected chi connectivity index (χ0v) is 31.0. The topological polar surface area (TPSA) is 140 Å². The quantitative estimate of drug-likeness (QED) is 0.196. The Hall–Kier alpha value is -5.91. The van der Waals surface area contributed by atoms with Gasteiger partial charge in [0.2, 0.25) is 0 Å². The van der Waals surface area contributed by atoms with Crippen LogP contribution in [0.4, 0.5) is 11.4 Å². The number of carbonyl (C=O) groups excluding carboxylic acids is 2. The molecule has 2 amide bonds. The number of carbonyl (C=O) groups is 3. The van der Waals surface area contributed by atoms with Gasteiger partial charge < -0.3 is 33.9 Å². The third-order valence-electron chi connectivity index (χ3n) is 10.4. The average Bonchev–Trinajstić information content (AvgIpc) is 3.74. The highest BCUT2D eigenvalue weighted by molar-refractivity contribution is 6.04. The van der Waals surface area contributed by atoms with E-state index < -0.39 is 5.97 Å². The number of hydrogen-bond donors (Lipinski definition) is 1. The monoisotopic (exact) mass is 732 g/mol. The molecule has 12 nitrogen and oxygen atoms in total. The fraction of sp³-hybridized carbons (Fsp3) is 0.357. The summed E-state index contributed by atoms with van der Waals surface area (Å²) in [6.45, 7) is 5.45. The van der Waals surface area contributed by atoms with Gasteiger partial charge in [-0.15, -0.1) is 0 Å². The van der Waals surface area contributed by atoms with Gasteiger partial charge in [-0.05, 0) is 74.4 Å². The van der Waals surface area contributed by atoms with E-state index in [0.29, 0.717) is 71.4 Å². The van der Waals surface area contributed by atoms with E-state index in [1.807, 2.05) is 54.3 Å². The van der Waals surface area contributed by atoms with Crippen LogP contribution in [-0.4, -0.2) is 84.5 Å². The van der Waals surface area contributed by atoms with E-state index in [-0.39, 0.29) is 43.5 Å². The number of fused-ring (bicyclic) bond motifs is 4. The van der Waals surface area contributed by atoms with Crippen LogP contribution in [0.25, 0.3) is 0 Å². The lowest BCUT2D eigenvalue weighted by Crippen LogP contribution is -2.35. The number of aliphatic imine (C=N–C) groups is 2. The average molecular weight is 733 g/mol. The molecule has 2 saturated heterocycles. The molecule has 3 aromatic carbocycles. The number of ether oxygens (including phenoxy) is 4. The van der Waals surface area contributed by atoms with Crippen LogP contribution in [0.1, 0.15) is 76.9 Å². The number of amides is 2. The van der Waals surface area contributed by atoms with Gasteiger partial charge >= 0.3 is 5.97 Å². The summed E-state index contributed by atoms with van der Waals surface area (Å²) in [7, 11) is 3.07. The van der Waals surface area contributed by atoms with Crippen LogP contribution in [0.2, 0.25) is 0 Å². The Morgan fingerprint density at radius 1 is 0.722 bits per heavy atom. The lowest BCUT2D eigenvalue weighted by atomic mass is 10.0. The number of aryl methyl sites for hydroxylation is 1. The Morgan fingerprint density at radius 2 is 1.19 bits per heavy atom. The maximum Gasteiger partial charge on any atom is 0.303 e. The second-order valence-electron chi connectivity index (χ2n) is 13.9. The normalized spacial score (nSPS) is 20.0. The minimum absolute atomic E-state index is 0.0480. The number of rotatable bonds is 12. The van der Waals surface area contributed by atoms with Crippen molar-refractivity contribution in [1.29, 1.82) is 0 Å². The Bertz CT molecular complexity index is 1980. The minimum atomic E-state index is -0.851. The van der Waals surface area contributed by atoms with Crippen molar-refractivity contribution in [2.75, 3.05) is 27.3 Å². The van der Waals surface area contributed by atoms with Crippen LogP contribution in [0, 0.1) is 0 Å². The molecule has 0 aromatic heterocycles. The van der Waals surface area contributed by atoms with Crippen molar-refractivity contribution in [3.63, 3.8) is 0 Å². The molecular formula is C42H44N4O8. The number of carboxylic acids is 1. The number of aliphatic carboxylic acids is 1. The largest absolute Gasteiger partial charge is 0.493 e. The standard InChI is InChI=1S/C42H44N4O8/c1-5-25-13-30-19-43-34-17-38(36(51-3)15-32(34)41(49)45(30)21-25)53-23-28-10-27(8-7-9-40(47)48)11-29(12-28)24-54-39-18-35-33(16-37(39)52-4)42(50)46-22-26(6-2)14-31(46)20-44-35/h5-6,10-12,15-20,30-31H,7-9,13-14,21-24H2,1-4H3,(H,47,48)/b25-5+,26-6+/t30-,31-/m0/s1. The number of hydrogen-bond acceptors (Lipinski definition) is 9. The van der Waals surface area contributed by atoms with Gasteiger partial charge in [0.1, 0.15) is 13.2 Å². The second-order valence-corrected chi connectivity index (χ2v) is 13.9. The zero-order chi connectivity index (χ0) is 37.9. The number of benzene rings is 3. The SMILES string of the molecule is C/C=C1\C[C@H]2C=Nc3cc(OCc4cc(CCCC(=O)O)cc(COc5cc6c(cc5OC)C(=O)N5C/C(=C/C)C[C@H]5C=N6)c4)c(OC)cc3C(=O)N2C1. The predicted octanol–water partition coefficient (Wildman–Crippen LogP) is 7.02. The van der Waals surface area contributed by atoms with E-state index in [9.17, 15) is 19.5 Å². The molecule has 2 fully saturated rings. The molecule has 0 bridgehead atoms. The fourth-order valence-corrected chi connectivity index (χ4v) is 7.45. The first kappa shape index (κ1) is 36.4. The van der Waals surface area contributed by atoms with E-state index in [2.05, 4.69) is 22.1 Å². The van der Waals surface area contributed by atoms with Gasteiger partial charge in [0.25, 0.3) is 11.8 Å². The van der Waals surface area contributed by atoms with Crippen molar-refractivity contribution in [2.45, 2.75) is 71.2 Å². The van der Waals surface area contributed by atoms with Crippen molar-refractivity contribution in [3.05, 3.63) is 93.6 Å². The van der Waals surface area contributed by atoms with Crippen LogP contribution in [0.3, 0.4) is 0 Å². The highest BCUT2D eigenvalue weighted by Crippen LogP contribution is 2.41. The maximum atomic E-state index is 13.5. The zero-order valence-electron chi connectivity index (χ0n) is 31.0. The Labute approximate surface area is 314 Å². The number of methoxy groups -OCH3 is 2. The van der Waals surface area contributed by atoms with Gasteiger partial charge in [0.05, 0.1) is 48.8 Å². The maximum absolute atomic E-state index is 13.5. The fourth-order valence-electron chi connectivity index (χ4n) is 7.45. The summed E-state index contributed by atoms with van der Waals surface area (Å²) in [5.41, 5.74) is 6.98. The minimum Gasteiger partial charge on any atom is -0.493 e. The molecule has 4 aliphatic heterocycles. The van der Waals surface area contributed by atoms with Gasteiger partial charge in [-0.2, -0.15) is 0 Å². The van der Waals surface area contributed by atoms with Gasteiger partial charge in [0.15, 0.2) is 23.0 Å². The molecule has 3 aromatic rings. The first-order valence-electron chi connectivity index (χ1n) is 18.2. The van der Waals surface area contributed by atoms with Gasteiger partial charge in [-0.1, -0.05) is 35.4 Å². The first-order valence-corrected chi connectivity index (χ1v) is 18.2. The first-order chi connectivity index (χ1) is 26.2. The third kappa shape index (κ3) is 7.46. The van der Waals surface area contributed by atoms with Crippen molar-refractivity contribution in [1.82, 2.24) is 9.80 Å². The lowest BCUT2D eigenvalue weighted by molar-refractivity contribution is -0.137. The van der Waals surface area contributed by atoms with Crippen molar-refractivity contribution in [3.8, 4) is 23.0 Å². The highest BCUT2D eigenvalue weighted by atomic mass is 16.5. The molecule has 0 radical (unpaired) electrons. The van der Waals surface area contributed by atoms with Crippen LogP contribution in [-0.2, 0) is 24.4 Å². The summed E-state index contributed by atoms with van der Waals surface area (Å²) < 4.78 is 24.0.